The summed E-state index contributed by atoms with van der Waals surface area (Å²) < 4.78 is 22.3. The predicted molar refractivity (Wildman–Crippen MR) is 51.3 cm³/mol. The van der Waals surface area contributed by atoms with E-state index in [1.54, 1.807) is 4.90 Å². The zero-order chi connectivity index (χ0) is 10.3. The minimum absolute atomic E-state index is 0.0469. The SMILES string of the molecule is NC1CN(CC2CCS(=O)(=O)C2)C1=O. The van der Waals surface area contributed by atoms with Gasteiger partial charge in [0.2, 0.25) is 5.91 Å². The highest BCUT2D eigenvalue weighted by atomic mass is 32.2. The second-order valence-corrected chi connectivity index (χ2v) is 6.35. The van der Waals surface area contributed by atoms with Gasteiger partial charge in [-0.2, -0.15) is 0 Å². The second kappa shape index (κ2) is 3.20. The first-order valence-electron chi connectivity index (χ1n) is 4.73. The van der Waals surface area contributed by atoms with Crippen LogP contribution >= 0.6 is 0 Å². The van der Waals surface area contributed by atoms with Crippen molar-refractivity contribution in [1.29, 1.82) is 0 Å². The Morgan fingerprint density at radius 2 is 2.21 bits per heavy atom. The molecule has 0 aliphatic carbocycles. The molecular weight excluding hydrogens is 204 g/mol. The molecule has 2 atom stereocenters. The number of carbonyl (C=O) groups excluding carboxylic acids is 1. The number of β-lactam (4-membered cyclic amide) rings is 1. The molecule has 2 heterocycles. The van der Waals surface area contributed by atoms with Crippen molar-refractivity contribution in [1.82, 2.24) is 4.90 Å². The number of rotatable bonds is 2. The van der Waals surface area contributed by atoms with Gasteiger partial charge in [0.1, 0.15) is 6.04 Å². The van der Waals surface area contributed by atoms with Crippen molar-refractivity contribution in [3.63, 3.8) is 0 Å². The van der Waals surface area contributed by atoms with Crippen LogP contribution in [0.3, 0.4) is 0 Å². The Hall–Kier alpha value is -0.620. The first kappa shape index (κ1) is 9.92. The quantitative estimate of drug-likeness (QED) is 0.577. The zero-order valence-electron chi connectivity index (χ0n) is 7.85. The van der Waals surface area contributed by atoms with Crippen LogP contribution in [0.15, 0.2) is 0 Å². The van der Waals surface area contributed by atoms with E-state index in [0.717, 1.165) is 0 Å². The van der Waals surface area contributed by atoms with Crippen molar-refractivity contribution >= 4 is 15.7 Å². The van der Waals surface area contributed by atoms with Gasteiger partial charge in [-0.25, -0.2) is 8.42 Å². The van der Waals surface area contributed by atoms with Crippen molar-refractivity contribution in [3.8, 4) is 0 Å². The van der Waals surface area contributed by atoms with Crippen LogP contribution in [-0.4, -0.2) is 49.9 Å². The molecule has 0 bridgehead atoms. The maximum Gasteiger partial charge on any atom is 0.241 e. The lowest BCUT2D eigenvalue weighted by Gasteiger charge is -2.37. The van der Waals surface area contributed by atoms with Gasteiger partial charge in [0.15, 0.2) is 9.84 Å². The van der Waals surface area contributed by atoms with E-state index < -0.39 is 9.84 Å². The summed E-state index contributed by atoms with van der Waals surface area (Å²) in [4.78, 5) is 12.8. The largest absolute Gasteiger partial charge is 0.339 e. The fraction of sp³-hybridized carbons (Fsp3) is 0.875. The summed E-state index contributed by atoms with van der Waals surface area (Å²) in [5.74, 6) is 0.573. The minimum atomic E-state index is -2.83. The summed E-state index contributed by atoms with van der Waals surface area (Å²) in [7, 11) is -2.83. The van der Waals surface area contributed by atoms with Gasteiger partial charge in [-0.3, -0.25) is 4.79 Å². The molecule has 0 saturated carbocycles. The van der Waals surface area contributed by atoms with Gasteiger partial charge in [-0.15, -0.1) is 0 Å². The maximum absolute atomic E-state index is 11.2. The van der Waals surface area contributed by atoms with Gasteiger partial charge in [0.05, 0.1) is 11.5 Å². The van der Waals surface area contributed by atoms with E-state index in [-0.39, 0.29) is 29.4 Å². The highest BCUT2D eigenvalue weighted by Gasteiger charge is 2.37. The molecule has 2 fully saturated rings. The maximum atomic E-state index is 11.2. The van der Waals surface area contributed by atoms with Crippen LogP contribution < -0.4 is 5.73 Å². The molecule has 0 radical (unpaired) electrons. The third kappa shape index (κ3) is 1.76. The van der Waals surface area contributed by atoms with E-state index in [1.165, 1.54) is 0 Å². The molecule has 80 valence electrons. The Kier molecular flexibility index (Phi) is 2.27. The van der Waals surface area contributed by atoms with Crippen LogP contribution in [0.4, 0.5) is 0 Å². The average molecular weight is 218 g/mol. The van der Waals surface area contributed by atoms with Gasteiger partial charge in [0.25, 0.3) is 0 Å². The lowest BCUT2D eigenvalue weighted by Crippen LogP contribution is -2.61. The van der Waals surface area contributed by atoms with Crippen molar-refractivity contribution in [3.05, 3.63) is 0 Å². The number of hydrogen-bond acceptors (Lipinski definition) is 4. The molecule has 5 nitrogen and oxygen atoms in total. The monoisotopic (exact) mass is 218 g/mol. The van der Waals surface area contributed by atoms with E-state index in [1.807, 2.05) is 0 Å². The molecule has 0 aromatic rings. The van der Waals surface area contributed by atoms with E-state index in [9.17, 15) is 13.2 Å². The Labute approximate surface area is 83.2 Å². The number of carbonyl (C=O) groups is 1. The molecule has 2 saturated heterocycles. The molecule has 2 N–H and O–H groups in total. The fourth-order valence-corrected chi connectivity index (χ4v) is 3.87. The number of likely N-dealkylation sites (tertiary alicyclic amines) is 1. The summed E-state index contributed by atoms with van der Waals surface area (Å²) in [6, 6.07) is -0.354. The van der Waals surface area contributed by atoms with E-state index >= 15 is 0 Å². The first-order chi connectivity index (χ1) is 6.48. The number of sulfone groups is 1. The molecule has 0 aromatic heterocycles. The first-order valence-corrected chi connectivity index (χ1v) is 6.55. The summed E-state index contributed by atoms with van der Waals surface area (Å²) >= 11 is 0. The summed E-state index contributed by atoms with van der Waals surface area (Å²) in [6.45, 7) is 1.14. The Morgan fingerprint density at radius 3 is 2.64 bits per heavy atom. The average Bonchev–Trinajstić information content (AvgIpc) is 2.45. The Morgan fingerprint density at radius 1 is 1.50 bits per heavy atom. The van der Waals surface area contributed by atoms with Gasteiger partial charge in [0, 0.05) is 13.1 Å². The van der Waals surface area contributed by atoms with Crippen LogP contribution in [0.1, 0.15) is 6.42 Å². The smallest absolute Gasteiger partial charge is 0.241 e. The molecule has 0 spiro atoms. The predicted octanol–water partition coefficient (Wildman–Crippen LogP) is -1.41. The molecule has 2 unspecified atom stereocenters. The van der Waals surface area contributed by atoms with Gasteiger partial charge in [-0.1, -0.05) is 0 Å². The van der Waals surface area contributed by atoms with Crippen molar-refractivity contribution in [2.24, 2.45) is 11.7 Å². The number of amides is 1. The highest BCUT2D eigenvalue weighted by Crippen LogP contribution is 2.21. The Balaban J connectivity index is 1.86. The molecule has 14 heavy (non-hydrogen) atoms. The van der Waals surface area contributed by atoms with Crippen LogP contribution in [0.5, 0.6) is 0 Å². The highest BCUT2D eigenvalue weighted by molar-refractivity contribution is 7.91. The molecule has 6 heteroatoms. The van der Waals surface area contributed by atoms with Gasteiger partial charge in [-0.05, 0) is 12.3 Å². The van der Waals surface area contributed by atoms with Crippen molar-refractivity contribution < 1.29 is 13.2 Å². The molecule has 2 rings (SSSR count). The van der Waals surface area contributed by atoms with Gasteiger partial charge < -0.3 is 10.6 Å². The fourth-order valence-electron chi connectivity index (χ4n) is 2.02. The van der Waals surface area contributed by atoms with Crippen LogP contribution in [0, 0.1) is 5.92 Å². The number of nitrogens with zero attached hydrogens (tertiary/aromatic N) is 1. The summed E-state index contributed by atoms with van der Waals surface area (Å²) in [5.41, 5.74) is 5.43. The van der Waals surface area contributed by atoms with Crippen LogP contribution in [0.2, 0.25) is 0 Å². The lowest BCUT2D eigenvalue weighted by molar-refractivity contribution is -0.142. The van der Waals surface area contributed by atoms with Crippen LogP contribution in [-0.2, 0) is 14.6 Å². The standard InChI is InChI=1S/C8H14N2O3S/c9-7-4-10(8(7)11)3-6-1-2-14(12,13)5-6/h6-7H,1-5,9H2. The molecule has 2 aliphatic heterocycles. The topological polar surface area (TPSA) is 80.5 Å². The van der Waals surface area contributed by atoms with Gasteiger partial charge >= 0.3 is 0 Å². The van der Waals surface area contributed by atoms with Crippen molar-refractivity contribution in [2.45, 2.75) is 12.5 Å². The second-order valence-electron chi connectivity index (χ2n) is 4.12. The Bertz CT molecular complexity index is 352. The molecule has 2 aliphatic rings. The number of hydrogen-bond donors (Lipinski definition) is 1. The van der Waals surface area contributed by atoms with E-state index in [4.69, 9.17) is 5.73 Å². The summed E-state index contributed by atoms with van der Waals surface area (Å²) in [6.07, 6.45) is 0.682. The normalized spacial score (nSPS) is 35.8. The molecular formula is C8H14N2O3S. The summed E-state index contributed by atoms with van der Waals surface area (Å²) in [5, 5.41) is 0. The molecule has 1 amide bonds. The van der Waals surface area contributed by atoms with Crippen molar-refractivity contribution in [2.75, 3.05) is 24.6 Å². The van der Waals surface area contributed by atoms with Crippen LogP contribution in [0.25, 0.3) is 0 Å². The third-order valence-corrected chi connectivity index (χ3v) is 4.69. The third-order valence-electron chi connectivity index (χ3n) is 2.85. The van der Waals surface area contributed by atoms with E-state index in [2.05, 4.69) is 0 Å². The zero-order valence-corrected chi connectivity index (χ0v) is 8.66. The lowest BCUT2D eigenvalue weighted by atomic mass is 10.0. The molecule has 0 aromatic carbocycles. The number of nitrogens with two attached hydrogens (primary N) is 1. The minimum Gasteiger partial charge on any atom is -0.339 e. The van der Waals surface area contributed by atoms with E-state index in [0.29, 0.717) is 19.5 Å².